The monoisotopic (exact) mass is 218 g/mol. The zero-order chi connectivity index (χ0) is 10.0. The minimum atomic E-state index is -3.94. The van der Waals surface area contributed by atoms with Crippen molar-refractivity contribution < 1.29 is 28.7 Å². The zero-order valence-electron chi connectivity index (χ0n) is 7.13. The highest BCUT2D eigenvalue weighted by molar-refractivity contribution is 7.47. The Bertz CT molecular complexity index is 118. The maximum atomic E-state index is 10.4. The Kier molecular flexibility index (Phi) is 17.3. The molecule has 13 heavy (non-hydrogen) atoms. The van der Waals surface area contributed by atoms with Gasteiger partial charge in [0.1, 0.15) is 0 Å². The first-order chi connectivity index (χ1) is 5.54. The van der Waals surface area contributed by atoms with Crippen molar-refractivity contribution in [2.24, 2.45) is 0 Å². The van der Waals surface area contributed by atoms with Gasteiger partial charge in [0.2, 0.25) is 0 Å². The number of phosphoric acid groups is 1. The SMILES string of the molecule is C.CCO.CCOP(=O)(O)OCO. The molecule has 3 N–H and O–H groups in total. The van der Waals surface area contributed by atoms with Crippen molar-refractivity contribution in [2.45, 2.75) is 21.3 Å². The Labute approximate surface area is 78.7 Å². The molecule has 0 amide bonds. The van der Waals surface area contributed by atoms with E-state index in [0.29, 0.717) is 0 Å². The largest absolute Gasteiger partial charge is 0.474 e. The molecule has 0 radical (unpaired) electrons. The summed E-state index contributed by atoms with van der Waals surface area (Å²) in [5, 5.41) is 15.6. The molecule has 0 spiro atoms. The molecule has 84 valence electrons. The lowest BCUT2D eigenvalue weighted by Crippen LogP contribution is -1.94. The third-order valence-electron chi connectivity index (χ3n) is 0.513. The van der Waals surface area contributed by atoms with Gasteiger partial charge in [-0.2, -0.15) is 0 Å². The van der Waals surface area contributed by atoms with Crippen molar-refractivity contribution in [1.29, 1.82) is 0 Å². The Morgan fingerprint density at radius 1 is 1.23 bits per heavy atom. The van der Waals surface area contributed by atoms with E-state index in [-0.39, 0.29) is 20.6 Å². The van der Waals surface area contributed by atoms with E-state index in [1.165, 1.54) is 0 Å². The summed E-state index contributed by atoms with van der Waals surface area (Å²) < 4.78 is 18.5. The molecular weight excluding hydrogens is 199 g/mol. The minimum absolute atomic E-state index is 0. The topological polar surface area (TPSA) is 96.2 Å². The van der Waals surface area contributed by atoms with Crippen LogP contribution < -0.4 is 0 Å². The van der Waals surface area contributed by atoms with E-state index in [2.05, 4.69) is 9.05 Å². The van der Waals surface area contributed by atoms with Gasteiger partial charge in [-0.1, -0.05) is 7.43 Å². The Morgan fingerprint density at radius 2 is 1.62 bits per heavy atom. The van der Waals surface area contributed by atoms with Crippen LogP contribution >= 0.6 is 7.82 Å². The average molecular weight is 218 g/mol. The highest BCUT2D eigenvalue weighted by atomic mass is 31.2. The first-order valence-electron chi connectivity index (χ1n) is 3.37. The average Bonchev–Trinajstić information content (AvgIpc) is 1.88. The number of phosphoric ester groups is 1. The van der Waals surface area contributed by atoms with Crippen LogP contribution in [0, 0.1) is 0 Å². The van der Waals surface area contributed by atoms with E-state index in [1.807, 2.05) is 0 Å². The van der Waals surface area contributed by atoms with Gasteiger partial charge in [0.15, 0.2) is 6.79 Å². The van der Waals surface area contributed by atoms with E-state index in [9.17, 15) is 4.57 Å². The molecular formula is C6H19O6P. The predicted octanol–water partition coefficient (Wildman–Crippen LogP) is 0.724. The van der Waals surface area contributed by atoms with E-state index in [1.54, 1.807) is 13.8 Å². The van der Waals surface area contributed by atoms with Crippen molar-refractivity contribution in [1.82, 2.24) is 0 Å². The van der Waals surface area contributed by atoms with Crippen LogP contribution in [-0.4, -0.2) is 35.1 Å². The lowest BCUT2D eigenvalue weighted by molar-refractivity contribution is 0.0537. The molecule has 6 nitrogen and oxygen atoms in total. The molecule has 7 heteroatoms. The van der Waals surface area contributed by atoms with Crippen LogP contribution in [0.2, 0.25) is 0 Å². The van der Waals surface area contributed by atoms with Gasteiger partial charge >= 0.3 is 7.82 Å². The lowest BCUT2D eigenvalue weighted by Gasteiger charge is -2.06. The molecule has 0 aliphatic rings. The molecule has 0 aromatic heterocycles. The van der Waals surface area contributed by atoms with E-state index < -0.39 is 14.6 Å². The smallest absolute Gasteiger partial charge is 0.397 e. The van der Waals surface area contributed by atoms with Gasteiger partial charge in [-0.25, -0.2) is 4.57 Å². The summed E-state index contributed by atoms with van der Waals surface area (Å²) in [5.41, 5.74) is 0. The molecule has 0 aromatic rings. The maximum Gasteiger partial charge on any atom is 0.474 e. The van der Waals surface area contributed by atoms with Gasteiger partial charge in [-0.3, -0.25) is 9.05 Å². The summed E-state index contributed by atoms with van der Waals surface area (Å²) in [6, 6.07) is 0. The van der Waals surface area contributed by atoms with E-state index in [0.717, 1.165) is 0 Å². The van der Waals surface area contributed by atoms with Gasteiger partial charge in [-0.15, -0.1) is 0 Å². The van der Waals surface area contributed by atoms with Crippen molar-refractivity contribution in [3.05, 3.63) is 0 Å². The number of aliphatic hydroxyl groups excluding tert-OH is 2. The maximum absolute atomic E-state index is 10.4. The number of hydrogen-bond acceptors (Lipinski definition) is 5. The predicted molar refractivity (Wildman–Crippen MR) is 49.1 cm³/mol. The van der Waals surface area contributed by atoms with Crippen LogP contribution in [0.1, 0.15) is 21.3 Å². The number of aliphatic hydroxyl groups is 2. The lowest BCUT2D eigenvalue weighted by atomic mass is 10.9. The second-order valence-electron chi connectivity index (χ2n) is 1.46. The molecule has 0 saturated heterocycles. The summed E-state index contributed by atoms with van der Waals surface area (Å²) in [4.78, 5) is 8.47. The first-order valence-corrected chi connectivity index (χ1v) is 4.87. The molecule has 0 fully saturated rings. The molecule has 1 unspecified atom stereocenters. The van der Waals surface area contributed by atoms with Crippen molar-refractivity contribution in [2.75, 3.05) is 20.0 Å². The number of hydrogen-bond donors (Lipinski definition) is 3. The highest BCUT2D eigenvalue weighted by Gasteiger charge is 2.18. The fourth-order valence-electron chi connectivity index (χ4n) is 0.273. The molecule has 0 aromatic carbocycles. The summed E-state index contributed by atoms with van der Waals surface area (Å²) in [5.74, 6) is 0. The van der Waals surface area contributed by atoms with Gasteiger partial charge in [0, 0.05) is 6.61 Å². The molecule has 1 atom stereocenters. The summed E-state index contributed by atoms with van der Waals surface area (Å²) in [6.45, 7) is 2.74. The van der Waals surface area contributed by atoms with Crippen molar-refractivity contribution in [3.63, 3.8) is 0 Å². The van der Waals surface area contributed by atoms with E-state index >= 15 is 0 Å². The Morgan fingerprint density at radius 3 is 1.85 bits per heavy atom. The molecule has 0 heterocycles. The standard InChI is InChI=1S/C3H9O5P.C2H6O.CH4/c1-2-7-9(5,6)8-3-4;1-2-3;/h4H,2-3H2,1H3,(H,5,6);3H,2H2,1H3;1H4. The molecule has 0 rings (SSSR count). The van der Waals surface area contributed by atoms with Crippen LogP contribution in [0.4, 0.5) is 0 Å². The third-order valence-corrected chi connectivity index (χ3v) is 1.54. The highest BCUT2D eigenvalue weighted by Crippen LogP contribution is 2.42. The summed E-state index contributed by atoms with van der Waals surface area (Å²) in [6.07, 6.45) is 0. The third kappa shape index (κ3) is 18.8. The molecule has 0 bridgehead atoms. The fourth-order valence-corrected chi connectivity index (χ4v) is 0.820. The normalized spacial score (nSPS) is 13.3. The second kappa shape index (κ2) is 12.0. The van der Waals surface area contributed by atoms with Gasteiger partial charge < -0.3 is 15.1 Å². The molecule has 0 aliphatic carbocycles. The quantitative estimate of drug-likeness (QED) is 0.475. The van der Waals surface area contributed by atoms with Gasteiger partial charge in [0.05, 0.1) is 6.61 Å². The van der Waals surface area contributed by atoms with Crippen LogP contribution in [0.25, 0.3) is 0 Å². The summed E-state index contributed by atoms with van der Waals surface area (Å²) in [7, 11) is -3.94. The Balaban J connectivity index is -0.000000220. The zero-order valence-corrected chi connectivity index (χ0v) is 8.03. The van der Waals surface area contributed by atoms with Crippen molar-refractivity contribution >= 4 is 7.82 Å². The Hall–Kier alpha value is 0.0300. The minimum Gasteiger partial charge on any atom is -0.397 e. The summed E-state index contributed by atoms with van der Waals surface area (Å²) >= 11 is 0. The first kappa shape index (κ1) is 18.7. The van der Waals surface area contributed by atoms with Gasteiger partial charge in [-0.05, 0) is 13.8 Å². The number of rotatable bonds is 4. The van der Waals surface area contributed by atoms with Crippen LogP contribution in [0.5, 0.6) is 0 Å². The van der Waals surface area contributed by atoms with Crippen LogP contribution in [-0.2, 0) is 13.6 Å². The van der Waals surface area contributed by atoms with Crippen LogP contribution in [0.15, 0.2) is 0 Å². The molecule has 0 saturated carbocycles. The van der Waals surface area contributed by atoms with Crippen molar-refractivity contribution in [3.8, 4) is 0 Å². The molecule has 0 aliphatic heterocycles. The van der Waals surface area contributed by atoms with E-state index in [4.69, 9.17) is 15.1 Å². The van der Waals surface area contributed by atoms with Crippen LogP contribution in [0.3, 0.4) is 0 Å². The van der Waals surface area contributed by atoms with Gasteiger partial charge in [0.25, 0.3) is 0 Å². The second-order valence-corrected chi connectivity index (χ2v) is 2.91. The fraction of sp³-hybridized carbons (Fsp3) is 1.00.